The number of rotatable bonds is 6. The van der Waals surface area contributed by atoms with E-state index in [4.69, 9.17) is 0 Å². The lowest BCUT2D eigenvalue weighted by molar-refractivity contribution is -0.132. The Hall–Kier alpha value is -2.48. The molecule has 28 heavy (non-hydrogen) atoms. The first kappa shape index (κ1) is 21.8. The first-order valence-corrected chi connectivity index (χ1v) is 9.53. The maximum absolute atomic E-state index is 12.6. The average Bonchev–Trinajstić information content (AvgIpc) is 2.83. The number of nitrogens with zero attached hydrogens (tertiary/aromatic N) is 6. The van der Waals surface area contributed by atoms with E-state index in [1.54, 1.807) is 13.3 Å². The number of hydrogen-bond donors (Lipinski definition) is 0. The van der Waals surface area contributed by atoms with E-state index < -0.39 is 0 Å². The number of likely N-dealkylation sites (N-methyl/N-ethyl adjacent to an activating group) is 1. The number of carbonyl (C=O) groups is 2. The molecule has 2 heterocycles. The number of amides is 2. The Kier molecular flexibility index (Phi) is 7.51. The van der Waals surface area contributed by atoms with Gasteiger partial charge in [-0.25, -0.2) is 9.97 Å². The molecule has 1 aliphatic rings. The van der Waals surface area contributed by atoms with Crippen LogP contribution in [0.15, 0.2) is 24.5 Å². The van der Waals surface area contributed by atoms with Gasteiger partial charge >= 0.3 is 0 Å². The molecular formula is C20H32N6O2. The molecule has 2 amide bonds. The lowest BCUT2D eigenvalue weighted by Gasteiger charge is -2.25. The van der Waals surface area contributed by atoms with E-state index in [0.717, 1.165) is 11.5 Å². The summed E-state index contributed by atoms with van der Waals surface area (Å²) >= 11 is 0. The molecule has 1 aromatic heterocycles. The van der Waals surface area contributed by atoms with Crippen LogP contribution in [0.5, 0.6) is 0 Å². The predicted octanol–water partition coefficient (Wildman–Crippen LogP) is 0.510. The van der Waals surface area contributed by atoms with E-state index in [1.165, 1.54) is 0 Å². The average molecular weight is 389 g/mol. The SMILES string of the molecule is C=C(C)C(=O)N1CCN(C(=O)CN(C)C)CC(Cc2cc(N(C)C)ncn2)C1. The second-order valence-corrected chi connectivity index (χ2v) is 7.94. The Balaban J connectivity index is 2.21. The van der Waals surface area contributed by atoms with E-state index in [2.05, 4.69) is 16.5 Å². The molecule has 0 aromatic carbocycles. The second-order valence-electron chi connectivity index (χ2n) is 7.94. The van der Waals surface area contributed by atoms with Crippen LogP contribution in [-0.4, -0.2) is 97.4 Å². The van der Waals surface area contributed by atoms with E-state index in [9.17, 15) is 9.59 Å². The summed E-state index contributed by atoms with van der Waals surface area (Å²) in [6, 6.07) is 1.96. The van der Waals surface area contributed by atoms with Crippen molar-refractivity contribution in [3.63, 3.8) is 0 Å². The lowest BCUT2D eigenvalue weighted by atomic mass is 10.0. The summed E-state index contributed by atoms with van der Waals surface area (Å²) < 4.78 is 0. The zero-order valence-electron chi connectivity index (χ0n) is 17.7. The Bertz CT molecular complexity index is 718. The van der Waals surface area contributed by atoms with Crippen LogP contribution in [0.3, 0.4) is 0 Å². The van der Waals surface area contributed by atoms with Crippen molar-refractivity contribution in [2.45, 2.75) is 13.3 Å². The molecule has 0 spiro atoms. The van der Waals surface area contributed by atoms with Gasteiger partial charge in [-0.15, -0.1) is 0 Å². The van der Waals surface area contributed by atoms with Crippen LogP contribution in [0.1, 0.15) is 12.6 Å². The molecule has 154 valence electrons. The van der Waals surface area contributed by atoms with Crippen LogP contribution in [0.2, 0.25) is 0 Å². The molecule has 1 atom stereocenters. The first-order chi connectivity index (χ1) is 13.2. The smallest absolute Gasteiger partial charge is 0.248 e. The van der Waals surface area contributed by atoms with Gasteiger partial charge in [0.25, 0.3) is 0 Å². The Morgan fingerprint density at radius 3 is 2.39 bits per heavy atom. The summed E-state index contributed by atoms with van der Waals surface area (Å²) in [6.07, 6.45) is 2.24. The third-order valence-electron chi connectivity index (χ3n) is 4.72. The highest BCUT2D eigenvalue weighted by Crippen LogP contribution is 2.18. The minimum absolute atomic E-state index is 0.0522. The fraction of sp³-hybridized carbons (Fsp3) is 0.600. The van der Waals surface area contributed by atoms with Crippen molar-refractivity contribution in [2.75, 3.05) is 65.8 Å². The third kappa shape index (κ3) is 6.02. The highest BCUT2D eigenvalue weighted by Gasteiger charge is 2.28. The normalized spacial score (nSPS) is 17.4. The highest BCUT2D eigenvalue weighted by molar-refractivity contribution is 5.92. The van der Waals surface area contributed by atoms with Gasteiger partial charge in [0.1, 0.15) is 12.1 Å². The monoisotopic (exact) mass is 388 g/mol. The van der Waals surface area contributed by atoms with Crippen LogP contribution in [0, 0.1) is 5.92 Å². The van der Waals surface area contributed by atoms with E-state index in [0.29, 0.717) is 44.7 Å². The third-order valence-corrected chi connectivity index (χ3v) is 4.72. The molecule has 1 aliphatic heterocycles. The minimum atomic E-state index is -0.0522. The van der Waals surface area contributed by atoms with Crippen molar-refractivity contribution in [1.29, 1.82) is 0 Å². The van der Waals surface area contributed by atoms with Crippen LogP contribution >= 0.6 is 0 Å². The molecule has 0 radical (unpaired) electrons. The molecule has 0 saturated carbocycles. The van der Waals surface area contributed by atoms with Crippen LogP contribution in [-0.2, 0) is 16.0 Å². The lowest BCUT2D eigenvalue weighted by Crippen LogP contribution is -2.41. The first-order valence-electron chi connectivity index (χ1n) is 9.53. The maximum atomic E-state index is 12.6. The van der Waals surface area contributed by atoms with Gasteiger partial charge in [-0.1, -0.05) is 6.58 Å². The van der Waals surface area contributed by atoms with Crippen LogP contribution in [0.4, 0.5) is 5.82 Å². The summed E-state index contributed by atoms with van der Waals surface area (Å²) in [7, 11) is 7.64. The largest absolute Gasteiger partial charge is 0.363 e. The molecule has 8 heteroatoms. The minimum Gasteiger partial charge on any atom is -0.363 e. The zero-order valence-corrected chi connectivity index (χ0v) is 17.7. The zero-order chi connectivity index (χ0) is 20.8. The van der Waals surface area contributed by atoms with Gasteiger partial charge in [0.2, 0.25) is 11.8 Å². The highest BCUT2D eigenvalue weighted by atomic mass is 16.2. The number of anilines is 1. The fourth-order valence-electron chi connectivity index (χ4n) is 3.32. The topological polar surface area (TPSA) is 72.9 Å². The Morgan fingerprint density at radius 1 is 1.14 bits per heavy atom. The van der Waals surface area contributed by atoms with Gasteiger partial charge in [-0.2, -0.15) is 0 Å². The van der Waals surface area contributed by atoms with Crippen molar-refractivity contribution in [1.82, 2.24) is 24.7 Å². The molecule has 1 saturated heterocycles. The van der Waals surface area contributed by atoms with Crippen molar-refractivity contribution >= 4 is 17.6 Å². The van der Waals surface area contributed by atoms with Gasteiger partial charge in [0.05, 0.1) is 6.54 Å². The molecule has 2 rings (SSSR count). The Morgan fingerprint density at radius 2 is 1.79 bits per heavy atom. The number of carbonyl (C=O) groups excluding carboxylic acids is 2. The van der Waals surface area contributed by atoms with Gasteiger partial charge in [-0.3, -0.25) is 9.59 Å². The quantitative estimate of drug-likeness (QED) is 0.661. The molecule has 1 unspecified atom stereocenters. The fourth-order valence-corrected chi connectivity index (χ4v) is 3.32. The van der Waals surface area contributed by atoms with Gasteiger partial charge < -0.3 is 19.6 Å². The van der Waals surface area contributed by atoms with Crippen molar-refractivity contribution in [3.05, 3.63) is 30.2 Å². The summed E-state index contributed by atoms with van der Waals surface area (Å²) in [6.45, 7) is 8.12. The van der Waals surface area contributed by atoms with E-state index in [-0.39, 0.29) is 17.7 Å². The molecule has 1 fully saturated rings. The molecule has 0 N–H and O–H groups in total. The van der Waals surface area contributed by atoms with Crippen LogP contribution in [0.25, 0.3) is 0 Å². The standard InChI is InChI=1S/C20H32N6O2/c1-15(2)20(28)26-8-7-25(19(27)13-23(3)4)11-16(12-26)9-17-10-18(24(5)6)22-14-21-17/h10,14,16H,1,7-9,11-13H2,2-6H3. The van der Waals surface area contributed by atoms with Gasteiger partial charge in [-0.05, 0) is 33.4 Å². The summed E-state index contributed by atoms with van der Waals surface area (Å²) in [5.74, 6) is 0.968. The second kappa shape index (κ2) is 9.64. The number of aromatic nitrogens is 2. The summed E-state index contributed by atoms with van der Waals surface area (Å²) in [5, 5.41) is 0. The van der Waals surface area contributed by atoms with Crippen molar-refractivity contribution < 1.29 is 9.59 Å². The molecular weight excluding hydrogens is 356 g/mol. The number of hydrogen-bond acceptors (Lipinski definition) is 6. The van der Waals surface area contributed by atoms with E-state index in [1.807, 2.05) is 53.9 Å². The van der Waals surface area contributed by atoms with E-state index >= 15 is 0 Å². The van der Waals surface area contributed by atoms with Crippen LogP contribution < -0.4 is 4.90 Å². The van der Waals surface area contributed by atoms with Gasteiger partial charge in [0, 0.05) is 57.6 Å². The molecule has 0 aliphatic carbocycles. The molecule has 8 nitrogen and oxygen atoms in total. The van der Waals surface area contributed by atoms with Gasteiger partial charge in [0.15, 0.2) is 0 Å². The van der Waals surface area contributed by atoms with Crippen molar-refractivity contribution in [2.24, 2.45) is 5.92 Å². The molecule has 0 bridgehead atoms. The Labute approximate surface area is 167 Å². The van der Waals surface area contributed by atoms with Crippen molar-refractivity contribution in [3.8, 4) is 0 Å². The summed E-state index contributed by atoms with van der Waals surface area (Å²) in [4.78, 5) is 41.3. The maximum Gasteiger partial charge on any atom is 0.248 e. The molecule has 1 aromatic rings. The summed E-state index contributed by atoms with van der Waals surface area (Å²) in [5.41, 5.74) is 1.43. The predicted molar refractivity (Wildman–Crippen MR) is 110 cm³/mol.